The van der Waals surface area contributed by atoms with Gasteiger partial charge >= 0.3 is 0 Å². The Labute approximate surface area is 198 Å². The van der Waals surface area contributed by atoms with Crippen molar-refractivity contribution in [1.29, 1.82) is 0 Å². The van der Waals surface area contributed by atoms with E-state index in [-0.39, 0.29) is 17.5 Å². The zero-order valence-electron chi connectivity index (χ0n) is 19.1. The van der Waals surface area contributed by atoms with Crippen LogP contribution in [0.4, 0.5) is 11.4 Å². The van der Waals surface area contributed by atoms with Crippen molar-refractivity contribution >= 4 is 35.0 Å². The van der Waals surface area contributed by atoms with Crippen LogP contribution in [0, 0.1) is 6.92 Å². The fraction of sp³-hybridized carbons (Fsp3) is 0.185. The van der Waals surface area contributed by atoms with Gasteiger partial charge in [-0.2, -0.15) is 0 Å². The number of carbonyl (C=O) groups excluding carboxylic acids is 2. The van der Waals surface area contributed by atoms with Gasteiger partial charge in [-0.25, -0.2) is 4.90 Å². The Kier molecular flexibility index (Phi) is 6.56. The molecule has 0 radical (unpaired) electrons. The predicted octanol–water partition coefficient (Wildman–Crippen LogP) is 6.12. The molecule has 1 aliphatic rings. The van der Waals surface area contributed by atoms with Gasteiger partial charge < -0.3 is 10.1 Å². The quantitative estimate of drug-likeness (QED) is 0.433. The van der Waals surface area contributed by atoms with Crippen molar-refractivity contribution in [3.05, 3.63) is 94.5 Å². The molecule has 0 atom stereocenters. The Balaban J connectivity index is 1.70. The number of carbonyl (C=O) groups is 2. The van der Waals surface area contributed by atoms with E-state index in [0.717, 1.165) is 16.0 Å². The van der Waals surface area contributed by atoms with Crippen molar-refractivity contribution in [2.24, 2.45) is 0 Å². The van der Waals surface area contributed by atoms with Crippen LogP contribution in [-0.4, -0.2) is 18.9 Å². The molecule has 1 heterocycles. The highest BCUT2D eigenvalue weighted by atomic mass is 32.2. The van der Waals surface area contributed by atoms with E-state index in [4.69, 9.17) is 4.74 Å². The van der Waals surface area contributed by atoms with E-state index in [1.54, 1.807) is 19.2 Å². The average molecular weight is 459 g/mol. The molecule has 0 saturated heterocycles. The number of thioether (sulfide) groups is 1. The molecule has 0 aliphatic carbocycles. The lowest BCUT2D eigenvalue weighted by Gasteiger charge is -2.16. The van der Waals surface area contributed by atoms with Gasteiger partial charge in [0.15, 0.2) is 0 Å². The third-order valence-corrected chi connectivity index (χ3v) is 6.55. The summed E-state index contributed by atoms with van der Waals surface area (Å²) in [6.07, 6.45) is 0. The number of ether oxygens (including phenoxy) is 1. The molecule has 168 valence electrons. The van der Waals surface area contributed by atoms with Gasteiger partial charge in [0, 0.05) is 10.6 Å². The summed E-state index contributed by atoms with van der Waals surface area (Å²) in [6, 6.07) is 22.7. The Morgan fingerprint density at radius 3 is 2.06 bits per heavy atom. The summed E-state index contributed by atoms with van der Waals surface area (Å²) in [7, 11) is 1.60. The maximum absolute atomic E-state index is 13.5. The predicted molar refractivity (Wildman–Crippen MR) is 134 cm³/mol. The minimum Gasteiger partial charge on any atom is -0.497 e. The first-order chi connectivity index (χ1) is 15.9. The van der Waals surface area contributed by atoms with Gasteiger partial charge in [0.2, 0.25) is 0 Å². The average Bonchev–Trinajstić information content (AvgIpc) is 3.05. The molecule has 2 amide bonds. The second kappa shape index (κ2) is 9.55. The molecule has 1 aliphatic heterocycles. The number of aryl methyl sites for hydroxylation is 1. The first kappa shape index (κ1) is 22.7. The first-order valence-corrected chi connectivity index (χ1v) is 11.6. The van der Waals surface area contributed by atoms with Crippen LogP contribution in [0.5, 0.6) is 5.75 Å². The number of methoxy groups -OCH3 is 1. The molecular weight excluding hydrogens is 432 g/mol. The summed E-state index contributed by atoms with van der Waals surface area (Å²) >= 11 is 1.29. The molecule has 3 aromatic carbocycles. The van der Waals surface area contributed by atoms with E-state index >= 15 is 0 Å². The standard InChI is InChI=1S/C27H26N2O3S/c1-17(2)19-7-11-21(12-8-19)29-26(30)24(28-20-9-13-22(32-4)14-10-20)25(27(29)31)33-23-15-5-18(3)6-16-23/h5-17,28H,1-4H3. The normalized spacial score (nSPS) is 13.8. The van der Waals surface area contributed by atoms with E-state index in [2.05, 4.69) is 19.2 Å². The minimum absolute atomic E-state index is 0.267. The van der Waals surface area contributed by atoms with Crippen LogP contribution >= 0.6 is 11.8 Å². The van der Waals surface area contributed by atoms with Crippen molar-refractivity contribution in [3.63, 3.8) is 0 Å². The molecule has 33 heavy (non-hydrogen) atoms. The molecular formula is C27H26N2O3S. The van der Waals surface area contributed by atoms with Gasteiger partial charge in [0.05, 0.1) is 12.8 Å². The van der Waals surface area contributed by atoms with Crippen LogP contribution in [0.3, 0.4) is 0 Å². The van der Waals surface area contributed by atoms with Crippen LogP contribution in [0.2, 0.25) is 0 Å². The summed E-state index contributed by atoms with van der Waals surface area (Å²) in [5, 5.41) is 3.17. The third kappa shape index (κ3) is 4.81. The number of imide groups is 1. The molecule has 0 unspecified atom stereocenters. The van der Waals surface area contributed by atoms with Gasteiger partial charge in [0.25, 0.3) is 11.8 Å². The van der Waals surface area contributed by atoms with E-state index in [9.17, 15) is 9.59 Å². The molecule has 0 aromatic heterocycles. The topological polar surface area (TPSA) is 58.6 Å². The molecule has 0 saturated carbocycles. The number of amides is 2. The summed E-state index contributed by atoms with van der Waals surface area (Å²) < 4.78 is 5.22. The molecule has 0 bridgehead atoms. The maximum Gasteiger partial charge on any atom is 0.283 e. The summed E-state index contributed by atoms with van der Waals surface area (Å²) in [6.45, 7) is 6.23. The van der Waals surface area contributed by atoms with Crippen molar-refractivity contribution in [3.8, 4) is 5.75 Å². The second-order valence-corrected chi connectivity index (χ2v) is 9.25. The van der Waals surface area contributed by atoms with Gasteiger partial charge in [0.1, 0.15) is 16.4 Å². The lowest BCUT2D eigenvalue weighted by Crippen LogP contribution is -2.32. The number of rotatable bonds is 7. The maximum atomic E-state index is 13.5. The number of hydrogen-bond acceptors (Lipinski definition) is 5. The zero-order chi connectivity index (χ0) is 23.5. The number of benzene rings is 3. The van der Waals surface area contributed by atoms with Gasteiger partial charge in [-0.3, -0.25) is 9.59 Å². The highest BCUT2D eigenvalue weighted by Gasteiger charge is 2.40. The van der Waals surface area contributed by atoms with E-state index < -0.39 is 0 Å². The van der Waals surface area contributed by atoms with Crippen molar-refractivity contribution in [2.45, 2.75) is 31.6 Å². The fourth-order valence-electron chi connectivity index (χ4n) is 3.50. The highest BCUT2D eigenvalue weighted by Crippen LogP contribution is 2.38. The molecule has 0 spiro atoms. The van der Waals surface area contributed by atoms with E-state index in [0.29, 0.717) is 27.9 Å². The zero-order valence-corrected chi connectivity index (χ0v) is 19.9. The van der Waals surface area contributed by atoms with Gasteiger partial charge in [-0.1, -0.05) is 55.4 Å². The number of anilines is 2. The van der Waals surface area contributed by atoms with Crippen molar-refractivity contribution in [1.82, 2.24) is 0 Å². The molecule has 6 heteroatoms. The van der Waals surface area contributed by atoms with Crippen LogP contribution < -0.4 is 15.0 Å². The molecule has 5 nitrogen and oxygen atoms in total. The molecule has 0 fully saturated rings. The largest absolute Gasteiger partial charge is 0.497 e. The molecule has 3 aromatic rings. The van der Waals surface area contributed by atoms with Crippen molar-refractivity contribution in [2.75, 3.05) is 17.3 Å². The Morgan fingerprint density at radius 2 is 1.48 bits per heavy atom. The smallest absolute Gasteiger partial charge is 0.283 e. The number of hydrogen-bond donors (Lipinski definition) is 1. The van der Waals surface area contributed by atoms with Crippen molar-refractivity contribution < 1.29 is 14.3 Å². The Hall–Kier alpha value is -3.51. The minimum atomic E-state index is -0.372. The molecule has 1 N–H and O–H groups in total. The van der Waals surface area contributed by atoms with E-state index in [1.165, 1.54) is 16.7 Å². The van der Waals surface area contributed by atoms with Gasteiger partial charge in [-0.15, -0.1) is 0 Å². The summed E-state index contributed by atoms with van der Waals surface area (Å²) in [5.74, 6) is 0.369. The SMILES string of the molecule is COc1ccc(NC2=C(Sc3ccc(C)cc3)C(=O)N(c3ccc(C(C)C)cc3)C2=O)cc1. The first-order valence-electron chi connectivity index (χ1n) is 10.8. The number of nitrogens with one attached hydrogen (secondary N) is 1. The van der Waals surface area contributed by atoms with E-state index in [1.807, 2.05) is 67.6 Å². The van der Waals surface area contributed by atoms with Crippen LogP contribution in [0.25, 0.3) is 0 Å². The monoisotopic (exact) mass is 458 g/mol. The summed E-state index contributed by atoms with van der Waals surface area (Å²) in [4.78, 5) is 29.4. The third-order valence-electron chi connectivity index (χ3n) is 5.46. The lowest BCUT2D eigenvalue weighted by atomic mass is 10.0. The van der Waals surface area contributed by atoms with Crippen LogP contribution in [-0.2, 0) is 9.59 Å². The highest BCUT2D eigenvalue weighted by molar-refractivity contribution is 8.04. The van der Waals surface area contributed by atoms with Crippen LogP contribution in [0.1, 0.15) is 30.9 Å². The molecule has 4 rings (SSSR count). The van der Waals surface area contributed by atoms with Gasteiger partial charge in [-0.05, 0) is 66.9 Å². The van der Waals surface area contributed by atoms with Crippen LogP contribution in [0.15, 0.2) is 88.3 Å². The summed E-state index contributed by atoms with van der Waals surface area (Å²) in [5.41, 5.74) is 3.81. The second-order valence-electron chi connectivity index (χ2n) is 8.16. The Morgan fingerprint density at radius 1 is 0.848 bits per heavy atom. The lowest BCUT2D eigenvalue weighted by molar-refractivity contribution is -0.120. The number of nitrogens with zero attached hydrogens (tertiary/aromatic N) is 1. The fourth-order valence-corrected chi connectivity index (χ4v) is 4.43. The Bertz CT molecular complexity index is 1200.